The molecule has 5 rings (SSSR count). The Hall–Kier alpha value is -3.69. The highest BCUT2D eigenvalue weighted by molar-refractivity contribution is 6.31. The number of carbonyl (C=O) groups excluding carboxylic acids is 2. The van der Waals surface area contributed by atoms with Crippen LogP contribution in [0.25, 0.3) is 11.0 Å². The van der Waals surface area contributed by atoms with E-state index in [-0.39, 0.29) is 31.0 Å². The molecule has 0 aliphatic carbocycles. The van der Waals surface area contributed by atoms with Crippen molar-refractivity contribution in [3.05, 3.63) is 82.8 Å². The third kappa shape index (κ3) is 5.68. The SMILES string of the molecule is Cc1ccc([C@H](C(=O)NC[C@@H]2CCCO2)N(Cc2ccccc2Cl)C(=O)Cn2nnc3ccccc32)o1. The summed E-state index contributed by atoms with van der Waals surface area (Å²) in [5.74, 6) is 0.320. The van der Waals surface area contributed by atoms with E-state index in [1.807, 2.05) is 42.5 Å². The molecule has 2 aromatic heterocycles. The van der Waals surface area contributed by atoms with Crippen molar-refractivity contribution in [3.63, 3.8) is 0 Å². The van der Waals surface area contributed by atoms with Gasteiger partial charge in [-0.05, 0) is 55.7 Å². The van der Waals surface area contributed by atoms with Crippen LogP contribution in [0.1, 0.15) is 36.0 Å². The molecule has 2 aromatic carbocycles. The second-order valence-corrected chi connectivity index (χ2v) is 9.49. The maximum absolute atomic E-state index is 13.9. The van der Waals surface area contributed by atoms with Crippen LogP contribution in [0, 0.1) is 6.92 Å². The molecule has 1 fully saturated rings. The number of furan rings is 1. The Balaban J connectivity index is 1.49. The normalized spacial score (nSPS) is 16.1. The maximum atomic E-state index is 13.9. The monoisotopic (exact) mass is 521 g/mol. The molecule has 1 aliphatic heterocycles. The van der Waals surface area contributed by atoms with Gasteiger partial charge >= 0.3 is 0 Å². The van der Waals surface area contributed by atoms with Crippen LogP contribution in [-0.2, 0) is 27.4 Å². The Kier molecular flexibility index (Phi) is 7.52. The van der Waals surface area contributed by atoms with Crippen LogP contribution in [0.15, 0.2) is 65.1 Å². The number of fused-ring (bicyclic) bond motifs is 1. The molecule has 0 radical (unpaired) electrons. The zero-order valence-corrected chi connectivity index (χ0v) is 21.2. The summed E-state index contributed by atoms with van der Waals surface area (Å²) in [5, 5.41) is 11.8. The summed E-state index contributed by atoms with van der Waals surface area (Å²) < 4.78 is 13.1. The van der Waals surface area contributed by atoms with E-state index < -0.39 is 6.04 Å². The number of amides is 2. The molecule has 2 atom stereocenters. The molecule has 1 aliphatic rings. The van der Waals surface area contributed by atoms with Gasteiger partial charge in [0.25, 0.3) is 5.91 Å². The number of hydrogen-bond acceptors (Lipinski definition) is 6. The van der Waals surface area contributed by atoms with Gasteiger partial charge < -0.3 is 19.4 Å². The summed E-state index contributed by atoms with van der Waals surface area (Å²) in [6.07, 6.45) is 1.80. The minimum absolute atomic E-state index is 0.0443. The van der Waals surface area contributed by atoms with E-state index in [1.54, 1.807) is 25.1 Å². The molecule has 192 valence electrons. The first-order chi connectivity index (χ1) is 18.0. The average molecular weight is 522 g/mol. The van der Waals surface area contributed by atoms with Gasteiger partial charge in [-0.1, -0.05) is 47.1 Å². The summed E-state index contributed by atoms with van der Waals surface area (Å²) in [4.78, 5) is 29.0. The number of aromatic nitrogens is 3. The highest BCUT2D eigenvalue weighted by Crippen LogP contribution is 2.28. The molecule has 2 amide bonds. The van der Waals surface area contributed by atoms with Gasteiger partial charge in [0, 0.05) is 24.7 Å². The number of halogens is 1. The first-order valence-corrected chi connectivity index (χ1v) is 12.6. The summed E-state index contributed by atoms with van der Waals surface area (Å²) >= 11 is 6.47. The number of nitrogens with zero attached hydrogens (tertiary/aromatic N) is 4. The van der Waals surface area contributed by atoms with Crippen molar-refractivity contribution in [2.75, 3.05) is 13.2 Å². The molecule has 1 saturated heterocycles. The van der Waals surface area contributed by atoms with Gasteiger partial charge in [-0.2, -0.15) is 0 Å². The molecule has 3 heterocycles. The topological polar surface area (TPSA) is 102 Å². The highest BCUT2D eigenvalue weighted by atomic mass is 35.5. The van der Waals surface area contributed by atoms with E-state index in [4.69, 9.17) is 20.8 Å². The van der Waals surface area contributed by atoms with Crippen molar-refractivity contribution in [3.8, 4) is 0 Å². The molecule has 0 saturated carbocycles. The van der Waals surface area contributed by atoms with Crippen LogP contribution < -0.4 is 5.32 Å². The summed E-state index contributed by atoms with van der Waals surface area (Å²) in [6, 6.07) is 17.1. The van der Waals surface area contributed by atoms with Crippen LogP contribution in [0.2, 0.25) is 5.02 Å². The van der Waals surface area contributed by atoms with Gasteiger partial charge in [-0.15, -0.1) is 5.10 Å². The van der Waals surface area contributed by atoms with Crippen LogP contribution in [-0.4, -0.2) is 51.0 Å². The highest BCUT2D eigenvalue weighted by Gasteiger charge is 2.35. The number of rotatable bonds is 9. The number of aryl methyl sites for hydroxylation is 1. The van der Waals surface area contributed by atoms with Crippen LogP contribution in [0.4, 0.5) is 0 Å². The lowest BCUT2D eigenvalue weighted by Crippen LogP contribution is -2.46. The zero-order valence-electron chi connectivity index (χ0n) is 20.5. The Morgan fingerprint density at radius 1 is 1.16 bits per heavy atom. The van der Waals surface area contributed by atoms with Crippen molar-refractivity contribution in [2.45, 2.75) is 45.0 Å². The smallest absolute Gasteiger partial charge is 0.250 e. The van der Waals surface area contributed by atoms with Gasteiger partial charge in [0.2, 0.25) is 5.91 Å². The fourth-order valence-electron chi connectivity index (χ4n) is 4.53. The fraction of sp³-hybridized carbons (Fsp3) is 0.333. The lowest BCUT2D eigenvalue weighted by atomic mass is 10.1. The summed E-state index contributed by atoms with van der Waals surface area (Å²) in [7, 11) is 0. The number of hydrogen-bond donors (Lipinski definition) is 1. The maximum Gasteiger partial charge on any atom is 0.250 e. The standard InChI is InChI=1S/C27H28ClN5O4/c1-18-12-13-24(37-18)26(27(35)29-15-20-8-6-14-36-20)32(16-19-7-2-3-9-21(19)28)25(34)17-33-23-11-5-4-10-22(23)30-31-33/h2-5,7,9-13,20,26H,6,8,14-17H2,1H3,(H,29,35)/t20-,26+/m0/s1. The molecule has 10 heteroatoms. The molecule has 0 spiro atoms. The van der Waals surface area contributed by atoms with Crippen LogP contribution in [0.5, 0.6) is 0 Å². The van der Waals surface area contributed by atoms with E-state index in [2.05, 4.69) is 15.6 Å². The molecule has 0 bridgehead atoms. The van der Waals surface area contributed by atoms with Crippen LogP contribution in [0.3, 0.4) is 0 Å². The Labute approximate surface area is 219 Å². The Morgan fingerprint density at radius 3 is 2.73 bits per heavy atom. The number of ether oxygens (including phenoxy) is 1. The molecule has 0 unspecified atom stereocenters. The average Bonchev–Trinajstić information content (AvgIpc) is 3.66. The number of carbonyl (C=O) groups is 2. The minimum Gasteiger partial charge on any atom is -0.464 e. The van der Waals surface area contributed by atoms with Gasteiger partial charge in [0.1, 0.15) is 23.6 Å². The van der Waals surface area contributed by atoms with Gasteiger partial charge in [0.15, 0.2) is 6.04 Å². The zero-order chi connectivity index (χ0) is 25.8. The Bertz CT molecular complexity index is 1390. The lowest BCUT2D eigenvalue weighted by molar-refractivity contribution is -0.143. The summed E-state index contributed by atoms with van der Waals surface area (Å²) in [6.45, 7) is 2.83. The van der Waals surface area contributed by atoms with Gasteiger partial charge in [-0.3, -0.25) is 9.59 Å². The first kappa shape index (κ1) is 25.0. The quantitative estimate of drug-likeness (QED) is 0.356. The van der Waals surface area contributed by atoms with Crippen molar-refractivity contribution < 1.29 is 18.7 Å². The van der Waals surface area contributed by atoms with E-state index in [1.165, 1.54) is 9.58 Å². The van der Waals surface area contributed by atoms with Gasteiger partial charge in [-0.25, -0.2) is 4.68 Å². The fourth-order valence-corrected chi connectivity index (χ4v) is 4.72. The first-order valence-electron chi connectivity index (χ1n) is 12.3. The van der Waals surface area contributed by atoms with Crippen molar-refractivity contribution in [1.82, 2.24) is 25.2 Å². The molecule has 4 aromatic rings. The predicted octanol–water partition coefficient (Wildman–Crippen LogP) is 4.05. The van der Waals surface area contributed by atoms with Crippen molar-refractivity contribution in [2.24, 2.45) is 0 Å². The molecular weight excluding hydrogens is 494 g/mol. The molecule has 9 nitrogen and oxygen atoms in total. The minimum atomic E-state index is -1.02. The largest absolute Gasteiger partial charge is 0.464 e. The number of nitrogens with one attached hydrogen (secondary N) is 1. The number of para-hydroxylation sites is 1. The third-order valence-electron chi connectivity index (χ3n) is 6.44. The van der Waals surface area contributed by atoms with E-state index in [0.717, 1.165) is 18.4 Å². The van der Waals surface area contributed by atoms with Crippen molar-refractivity contribution >= 4 is 34.4 Å². The molecular formula is C27H28ClN5O4. The molecule has 37 heavy (non-hydrogen) atoms. The van der Waals surface area contributed by atoms with Crippen LogP contribution >= 0.6 is 11.6 Å². The Morgan fingerprint density at radius 2 is 1.97 bits per heavy atom. The number of benzene rings is 2. The van der Waals surface area contributed by atoms with E-state index >= 15 is 0 Å². The summed E-state index contributed by atoms with van der Waals surface area (Å²) in [5.41, 5.74) is 2.11. The van der Waals surface area contributed by atoms with E-state index in [0.29, 0.717) is 40.8 Å². The second kappa shape index (κ2) is 11.1. The van der Waals surface area contributed by atoms with Gasteiger partial charge in [0.05, 0.1) is 11.6 Å². The lowest BCUT2D eigenvalue weighted by Gasteiger charge is -2.30. The predicted molar refractivity (Wildman–Crippen MR) is 138 cm³/mol. The van der Waals surface area contributed by atoms with E-state index in [9.17, 15) is 9.59 Å². The third-order valence-corrected chi connectivity index (χ3v) is 6.81. The second-order valence-electron chi connectivity index (χ2n) is 9.08. The molecule has 1 N–H and O–H groups in total. The van der Waals surface area contributed by atoms with Crippen molar-refractivity contribution in [1.29, 1.82) is 0 Å².